The first-order valence-corrected chi connectivity index (χ1v) is 7.92. The molecule has 2 amide bonds. The lowest BCUT2D eigenvalue weighted by molar-refractivity contribution is -0.155. The molecule has 136 valence electrons. The highest BCUT2D eigenvalue weighted by Gasteiger charge is 2.45. The summed E-state index contributed by atoms with van der Waals surface area (Å²) >= 11 is 0. The Hall–Kier alpha value is -1.77. The summed E-state index contributed by atoms with van der Waals surface area (Å²) in [4.78, 5) is 15.9. The first kappa shape index (κ1) is 18.6. The molecule has 1 aromatic rings. The number of carbonyl (C=O) groups is 1. The summed E-state index contributed by atoms with van der Waals surface area (Å²) in [5, 5.41) is 6.21. The van der Waals surface area contributed by atoms with Crippen molar-refractivity contribution in [3.8, 4) is 0 Å². The number of alkyl halides is 3. The first-order valence-electron chi connectivity index (χ1n) is 7.92. The molecule has 1 saturated heterocycles. The van der Waals surface area contributed by atoms with Gasteiger partial charge in [-0.1, -0.05) is 0 Å². The molecule has 24 heavy (non-hydrogen) atoms. The Bertz CT molecular complexity index is 599. The third-order valence-corrected chi connectivity index (χ3v) is 4.46. The van der Waals surface area contributed by atoms with Crippen LogP contribution in [0.15, 0.2) is 0 Å². The molecule has 9 heteroatoms. The minimum Gasteiger partial charge on any atom is -0.323 e. The summed E-state index contributed by atoms with van der Waals surface area (Å²) in [6.45, 7) is 5.43. The Balaban J connectivity index is 2.22. The van der Waals surface area contributed by atoms with E-state index in [1.165, 1.54) is 16.5 Å². The van der Waals surface area contributed by atoms with Crippen LogP contribution in [-0.2, 0) is 7.05 Å². The van der Waals surface area contributed by atoms with Crippen molar-refractivity contribution in [2.45, 2.75) is 32.5 Å². The van der Waals surface area contributed by atoms with Crippen molar-refractivity contribution >= 4 is 6.03 Å². The number of hydrogen-bond donors (Lipinski definition) is 1. The van der Waals surface area contributed by atoms with Gasteiger partial charge in [0.15, 0.2) is 6.04 Å². The number of likely N-dealkylation sites (N-methyl/N-ethyl adjacent to an activating group) is 1. The maximum Gasteiger partial charge on any atom is 0.413 e. The second kappa shape index (κ2) is 7.00. The van der Waals surface area contributed by atoms with Crippen molar-refractivity contribution in [1.82, 2.24) is 24.9 Å². The van der Waals surface area contributed by atoms with Gasteiger partial charge < -0.3 is 15.1 Å². The monoisotopic (exact) mass is 347 g/mol. The fourth-order valence-corrected chi connectivity index (χ4v) is 2.99. The number of nitrogens with zero attached hydrogens (tertiary/aromatic N) is 4. The third-order valence-electron chi connectivity index (χ3n) is 4.46. The lowest BCUT2D eigenvalue weighted by Gasteiger charge is -2.27. The first-order chi connectivity index (χ1) is 11.1. The maximum absolute atomic E-state index is 13.6. The summed E-state index contributed by atoms with van der Waals surface area (Å²) in [5.74, 6) is 0. The zero-order chi connectivity index (χ0) is 18.1. The van der Waals surface area contributed by atoms with E-state index >= 15 is 0 Å². The van der Waals surface area contributed by atoms with Gasteiger partial charge in [-0.25, -0.2) is 4.79 Å². The average molecular weight is 347 g/mol. The molecule has 0 radical (unpaired) electrons. The minimum absolute atomic E-state index is 0.0188. The molecule has 0 saturated carbocycles. The number of carbonyl (C=O) groups excluding carboxylic acids is 1. The van der Waals surface area contributed by atoms with E-state index in [1.807, 2.05) is 7.05 Å². The lowest BCUT2D eigenvalue weighted by Crippen LogP contribution is -2.47. The quantitative estimate of drug-likeness (QED) is 0.890. The standard InChI is InChI=1S/C15H24F3N5O/c1-10-12(11(2)22(4)20-10)13(15(16,17)18)19-14(24)23-7-5-6-21(3)8-9-23/h13H,5-9H2,1-4H3,(H,19,24)/t13-/m0/s1. The molecule has 2 heterocycles. The number of amides is 2. The predicted octanol–water partition coefficient (Wildman–Crippen LogP) is 1.99. The van der Waals surface area contributed by atoms with Crippen molar-refractivity contribution in [1.29, 1.82) is 0 Å². The van der Waals surface area contributed by atoms with Gasteiger partial charge in [-0.3, -0.25) is 4.68 Å². The van der Waals surface area contributed by atoms with Gasteiger partial charge in [0.2, 0.25) is 0 Å². The molecule has 1 aliphatic rings. The van der Waals surface area contributed by atoms with Crippen LogP contribution in [0, 0.1) is 13.8 Å². The highest BCUT2D eigenvalue weighted by Crippen LogP contribution is 2.35. The number of urea groups is 1. The Kier molecular flexibility index (Phi) is 5.42. The van der Waals surface area contributed by atoms with Gasteiger partial charge in [-0.05, 0) is 33.9 Å². The second-order valence-corrected chi connectivity index (χ2v) is 6.28. The highest BCUT2D eigenvalue weighted by molar-refractivity contribution is 5.75. The molecule has 1 N–H and O–H groups in total. The van der Waals surface area contributed by atoms with Gasteiger partial charge in [0, 0.05) is 37.9 Å². The molecule has 0 spiro atoms. The van der Waals surface area contributed by atoms with Crippen LogP contribution in [0.4, 0.5) is 18.0 Å². The molecule has 6 nitrogen and oxygen atoms in total. The summed E-state index contributed by atoms with van der Waals surface area (Å²) in [6.07, 6.45) is -3.84. The van der Waals surface area contributed by atoms with Gasteiger partial charge in [0.25, 0.3) is 0 Å². The van der Waals surface area contributed by atoms with Crippen molar-refractivity contribution in [3.63, 3.8) is 0 Å². The van der Waals surface area contributed by atoms with Crippen LogP contribution in [0.1, 0.15) is 29.4 Å². The number of halogens is 3. The summed E-state index contributed by atoms with van der Waals surface area (Å²) < 4.78 is 42.1. The molecule has 1 aliphatic heterocycles. The number of aryl methyl sites for hydroxylation is 2. The Labute approximate surface area is 139 Å². The van der Waals surface area contributed by atoms with Crippen LogP contribution < -0.4 is 5.32 Å². The molecule has 0 aromatic carbocycles. The van der Waals surface area contributed by atoms with Crippen molar-refractivity contribution in [3.05, 3.63) is 17.0 Å². The van der Waals surface area contributed by atoms with Gasteiger partial charge in [-0.2, -0.15) is 18.3 Å². The Morgan fingerprint density at radius 1 is 1.17 bits per heavy atom. The topological polar surface area (TPSA) is 53.4 Å². The van der Waals surface area contributed by atoms with Crippen molar-refractivity contribution in [2.24, 2.45) is 7.05 Å². The van der Waals surface area contributed by atoms with Crippen LogP contribution in [0.3, 0.4) is 0 Å². The molecule has 1 aromatic heterocycles. The lowest BCUT2D eigenvalue weighted by atomic mass is 10.0. The summed E-state index contributed by atoms with van der Waals surface area (Å²) in [5.41, 5.74) is 0.684. The van der Waals surface area contributed by atoms with Gasteiger partial charge in [-0.15, -0.1) is 0 Å². The predicted molar refractivity (Wildman–Crippen MR) is 83.7 cm³/mol. The van der Waals surface area contributed by atoms with E-state index in [2.05, 4.69) is 15.3 Å². The van der Waals surface area contributed by atoms with Crippen LogP contribution >= 0.6 is 0 Å². The number of nitrogens with one attached hydrogen (secondary N) is 1. The zero-order valence-electron chi connectivity index (χ0n) is 14.4. The summed E-state index contributed by atoms with van der Waals surface area (Å²) in [6, 6.07) is -2.74. The normalized spacial score (nSPS) is 18.4. The Morgan fingerprint density at radius 2 is 1.83 bits per heavy atom. The van der Waals surface area contributed by atoms with Crippen LogP contribution in [-0.4, -0.2) is 65.0 Å². The fraction of sp³-hybridized carbons (Fsp3) is 0.733. The molecule has 0 bridgehead atoms. The molecular formula is C15H24F3N5O. The van der Waals surface area contributed by atoms with Crippen molar-refractivity contribution < 1.29 is 18.0 Å². The van der Waals surface area contributed by atoms with E-state index in [0.717, 1.165) is 13.0 Å². The number of aromatic nitrogens is 2. The SMILES string of the molecule is Cc1nn(C)c(C)c1[C@H](NC(=O)N1CCCN(C)CC1)C(F)(F)F. The molecule has 1 fully saturated rings. The van der Waals surface area contributed by atoms with Crippen LogP contribution in [0.2, 0.25) is 0 Å². The highest BCUT2D eigenvalue weighted by atomic mass is 19.4. The van der Waals surface area contributed by atoms with Gasteiger partial charge in [0.1, 0.15) is 0 Å². The molecular weight excluding hydrogens is 323 g/mol. The van der Waals surface area contributed by atoms with Crippen molar-refractivity contribution in [2.75, 3.05) is 33.2 Å². The number of rotatable bonds is 2. The smallest absolute Gasteiger partial charge is 0.323 e. The third kappa shape index (κ3) is 4.00. The number of hydrogen-bond acceptors (Lipinski definition) is 3. The van der Waals surface area contributed by atoms with E-state index in [-0.39, 0.29) is 11.3 Å². The Morgan fingerprint density at radius 3 is 2.38 bits per heavy atom. The molecule has 1 atom stereocenters. The van der Waals surface area contributed by atoms with E-state index in [1.54, 1.807) is 14.0 Å². The van der Waals surface area contributed by atoms with E-state index in [9.17, 15) is 18.0 Å². The van der Waals surface area contributed by atoms with Crippen LogP contribution in [0.25, 0.3) is 0 Å². The van der Waals surface area contributed by atoms with E-state index in [4.69, 9.17) is 0 Å². The molecule has 2 rings (SSSR count). The fourth-order valence-electron chi connectivity index (χ4n) is 2.99. The second-order valence-electron chi connectivity index (χ2n) is 6.28. The zero-order valence-corrected chi connectivity index (χ0v) is 14.4. The average Bonchev–Trinajstić information content (AvgIpc) is 2.65. The molecule has 0 unspecified atom stereocenters. The molecule has 0 aliphatic carbocycles. The largest absolute Gasteiger partial charge is 0.413 e. The van der Waals surface area contributed by atoms with Gasteiger partial charge >= 0.3 is 12.2 Å². The minimum atomic E-state index is -4.59. The van der Waals surface area contributed by atoms with E-state index in [0.29, 0.717) is 25.3 Å². The van der Waals surface area contributed by atoms with Gasteiger partial charge in [0.05, 0.1) is 5.69 Å². The van der Waals surface area contributed by atoms with E-state index < -0.39 is 18.2 Å². The van der Waals surface area contributed by atoms with Crippen LogP contribution in [0.5, 0.6) is 0 Å². The maximum atomic E-state index is 13.6. The summed E-state index contributed by atoms with van der Waals surface area (Å²) in [7, 11) is 3.52.